The van der Waals surface area contributed by atoms with Gasteiger partial charge < -0.3 is 0 Å². The van der Waals surface area contributed by atoms with Gasteiger partial charge in [-0.05, 0) is 25.0 Å². The lowest BCUT2D eigenvalue weighted by molar-refractivity contribution is 0.579. The second kappa shape index (κ2) is 4.54. The number of nitriles is 1. The van der Waals surface area contributed by atoms with Crippen LogP contribution in [0.5, 0.6) is 0 Å². The topological polar surface area (TPSA) is 102 Å². The molecule has 20 heavy (non-hydrogen) atoms. The summed E-state index contributed by atoms with van der Waals surface area (Å²) in [5, 5.41) is 16.0. The summed E-state index contributed by atoms with van der Waals surface area (Å²) in [5.74, 6) is 0.344. The van der Waals surface area contributed by atoms with Crippen molar-refractivity contribution in [2.24, 2.45) is 0 Å². The van der Waals surface area contributed by atoms with Crippen LogP contribution in [0.15, 0.2) is 23.5 Å². The molecular formula is C11H8ClN5O2S. The third-order valence-corrected chi connectivity index (χ3v) is 4.04. The van der Waals surface area contributed by atoms with Crippen molar-refractivity contribution in [3.05, 3.63) is 23.9 Å². The predicted molar refractivity (Wildman–Crippen MR) is 69.3 cm³/mol. The van der Waals surface area contributed by atoms with E-state index < -0.39 is 9.05 Å². The summed E-state index contributed by atoms with van der Waals surface area (Å²) in [6, 6.07) is 5.18. The maximum Gasteiger partial charge on any atom is 0.296 e. The maximum absolute atomic E-state index is 11.5. The number of hydrogen-bond acceptors (Lipinski definition) is 6. The highest BCUT2D eigenvalue weighted by Crippen LogP contribution is 2.40. The third-order valence-electron chi connectivity index (χ3n) is 2.92. The Hall–Kier alpha value is -1.98. The molecule has 0 N–H and O–H groups in total. The van der Waals surface area contributed by atoms with Crippen molar-refractivity contribution in [2.45, 2.75) is 24.0 Å². The number of aromatic nitrogens is 4. The van der Waals surface area contributed by atoms with Crippen LogP contribution in [0.1, 0.15) is 24.4 Å². The molecule has 0 atom stereocenters. The lowest BCUT2D eigenvalue weighted by atomic mass is 10.2. The number of rotatable bonds is 3. The zero-order valence-corrected chi connectivity index (χ0v) is 11.6. The Morgan fingerprint density at radius 2 is 2.10 bits per heavy atom. The van der Waals surface area contributed by atoms with E-state index >= 15 is 0 Å². The van der Waals surface area contributed by atoms with Crippen LogP contribution >= 0.6 is 10.7 Å². The molecule has 0 bridgehead atoms. The van der Waals surface area contributed by atoms with E-state index in [1.807, 2.05) is 6.07 Å². The smallest absolute Gasteiger partial charge is 0.292 e. The third kappa shape index (κ3) is 2.26. The molecular weight excluding hydrogens is 302 g/mol. The van der Waals surface area contributed by atoms with Crippen molar-refractivity contribution in [3.8, 4) is 17.6 Å². The zero-order chi connectivity index (χ0) is 14.3. The van der Waals surface area contributed by atoms with Gasteiger partial charge in [0.2, 0.25) is 0 Å². The van der Waals surface area contributed by atoms with E-state index in [4.69, 9.17) is 15.9 Å². The predicted octanol–water partition coefficient (Wildman–Crippen LogP) is 1.47. The first-order chi connectivity index (χ1) is 9.50. The highest BCUT2D eigenvalue weighted by molar-refractivity contribution is 8.13. The Kier molecular flexibility index (Phi) is 2.96. The van der Waals surface area contributed by atoms with Gasteiger partial charge in [-0.1, -0.05) is 0 Å². The Morgan fingerprint density at radius 3 is 2.60 bits per heavy atom. The molecule has 1 aliphatic rings. The average molecular weight is 310 g/mol. The SMILES string of the molecule is N#Cc1ccc(-c2nnc(S(=O)(=O)Cl)n2C2CC2)nc1. The van der Waals surface area contributed by atoms with Crippen LogP contribution in [0, 0.1) is 11.3 Å². The molecule has 1 aliphatic carbocycles. The first kappa shape index (κ1) is 13.0. The van der Waals surface area contributed by atoms with Gasteiger partial charge >= 0.3 is 0 Å². The summed E-state index contributed by atoms with van der Waals surface area (Å²) >= 11 is 0. The summed E-state index contributed by atoms with van der Waals surface area (Å²) in [7, 11) is 1.41. The van der Waals surface area contributed by atoms with Crippen LogP contribution in [0.25, 0.3) is 11.5 Å². The molecule has 0 aliphatic heterocycles. The summed E-state index contributed by atoms with van der Waals surface area (Å²) in [5.41, 5.74) is 0.867. The lowest BCUT2D eigenvalue weighted by Gasteiger charge is -2.06. The number of nitrogens with zero attached hydrogens (tertiary/aromatic N) is 5. The van der Waals surface area contributed by atoms with E-state index in [9.17, 15) is 8.42 Å². The molecule has 0 unspecified atom stereocenters. The molecule has 0 aromatic carbocycles. The molecule has 9 heteroatoms. The van der Waals surface area contributed by atoms with Crippen molar-refractivity contribution in [3.63, 3.8) is 0 Å². The molecule has 0 radical (unpaired) electrons. The normalized spacial score (nSPS) is 15.0. The Labute approximate surface area is 119 Å². The van der Waals surface area contributed by atoms with E-state index in [1.54, 1.807) is 12.1 Å². The highest BCUT2D eigenvalue weighted by Gasteiger charge is 2.34. The minimum Gasteiger partial charge on any atom is -0.292 e. The van der Waals surface area contributed by atoms with E-state index in [2.05, 4.69) is 15.2 Å². The van der Waals surface area contributed by atoms with Gasteiger partial charge in [-0.2, -0.15) is 5.26 Å². The van der Waals surface area contributed by atoms with Crippen molar-refractivity contribution < 1.29 is 8.42 Å². The largest absolute Gasteiger partial charge is 0.296 e. The molecule has 0 saturated heterocycles. The van der Waals surface area contributed by atoms with Crippen LogP contribution in [0.4, 0.5) is 0 Å². The number of halogens is 1. The van der Waals surface area contributed by atoms with Gasteiger partial charge in [0, 0.05) is 22.9 Å². The average Bonchev–Trinajstić information content (AvgIpc) is 3.16. The van der Waals surface area contributed by atoms with Gasteiger partial charge in [0.25, 0.3) is 14.2 Å². The monoisotopic (exact) mass is 309 g/mol. The molecule has 1 saturated carbocycles. The van der Waals surface area contributed by atoms with Crippen LogP contribution in [-0.2, 0) is 9.05 Å². The second-order valence-electron chi connectivity index (χ2n) is 4.39. The molecule has 2 aromatic heterocycles. The fourth-order valence-electron chi connectivity index (χ4n) is 1.87. The number of pyridine rings is 1. The van der Waals surface area contributed by atoms with E-state index in [0.29, 0.717) is 17.1 Å². The second-order valence-corrected chi connectivity index (χ2v) is 6.85. The van der Waals surface area contributed by atoms with Crippen LogP contribution in [0.3, 0.4) is 0 Å². The van der Waals surface area contributed by atoms with Gasteiger partial charge in [-0.15, -0.1) is 10.2 Å². The standard InChI is InChI=1S/C11H8ClN5O2S/c12-20(18,19)11-16-15-10(17(11)8-2-3-8)9-4-1-7(5-13)6-14-9/h1,4,6,8H,2-3H2. The highest BCUT2D eigenvalue weighted by atomic mass is 35.7. The van der Waals surface area contributed by atoms with Crippen molar-refractivity contribution in [2.75, 3.05) is 0 Å². The Bertz CT molecular complexity index is 802. The fourth-order valence-corrected chi connectivity index (χ4v) is 2.80. The van der Waals surface area contributed by atoms with Gasteiger partial charge in [0.15, 0.2) is 5.82 Å². The molecule has 102 valence electrons. The first-order valence-corrected chi connectivity index (χ1v) is 8.07. The van der Waals surface area contributed by atoms with Crippen molar-refractivity contribution in [1.82, 2.24) is 19.7 Å². The van der Waals surface area contributed by atoms with E-state index in [1.165, 1.54) is 10.8 Å². The molecule has 0 amide bonds. The van der Waals surface area contributed by atoms with E-state index in [-0.39, 0.29) is 11.2 Å². The summed E-state index contributed by atoms with van der Waals surface area (Å²) in [4.78, 5) is 4.10. The molecule has 7 nitrogen and oxygen atoms in total. The Morgan fingerprint density at radius 1 is 1.35 bits per heavy atom. The molecule has 3 rings (SSSR count). The summed E-state index contributed by atoms with van der Waals surface area (Å²) in [6.45, 7) is 0. The summed E-state index contributed by atoms with van der Waals surface area (Å²) in [6.07, 6.45) is 3.09. The summed E-state index contributed by atoms with van der Waals surface area (Å²) < 4.78 is 24.5. The van der Waals surface area contributed by atoms with Gasteiger partial charge in [-0.25, -0.2) is 8.42 Å². The molecule has 1 fully saturated rings. The first-order valence-electron chi connectivity index (χ1n) is 5.77. The lowest BCUT2D eigenvalue weighted by Crippen LogP contribution is -2.06. The van der Waals surface area contributed by atoms with Crippen LogP contribution in [-0.4, -0.2) is 28.2 Å². The van der Waals surface area contributed by atoms with Gasteiger partial charge in [-0.3, -0.25) is 9.55 Å². The van der Waals surface area contributed by atoms with Crippen LogP contribution < -0.4 is 0 Å². The number of hydrogen-bond donors (Lipinski definition) is 0. The fraction of sp³-hybridized carbons (Fsp3) is 0.273. The Balaban J connectivity index is 2.14. The minimum absolute atomic E-state index is 0.0287. The molecule has 0 spiro atoms. The van der Waals surface area contributed by atoms with Gasteiger partial charge in [0.05, 0.1) is 5.56 Å². The quantitative estimate of drug-likeness (QED) is 0.796. The zero-order valence-electron chi connectivity index (χ0n) is 10.1. The van der Waals surface area contributed by atoms with Crippen molar-refractivity contribution in [1.29, 1.82) is 5.26 Å². The van der Waals surface area contributed by atoms with Crippen LogP contribution in [0.2, 0.25) is 0 Å². The molecule has 2 heterocycles. The molecule has 2 aromatic rings. The maximum atomic E-state index is 11.5. The van der Waals surface area contributed by atoms with E-state index in [0.717, 1.165) is 12.8 Å². The van der Waals surface area contributed by atoms with Gasteiger partial charge in [0.1, 0.15) is 11.8 Å². The minimum atomic E-state index is -3.96. The van der Waals surface area contributed by atoms with Crippen molar-refractivity contribution >= 4 is 19.7 Å².